The Hall–Kier alpha value is -3.27. The van der Waals surface area contributed by atoms with Crippen LogP contribution in [0, 0.1) is 5.92 Å². The average Bonchev–Trinajstić information content (AvgIpc) is 2.97. The summed E-state index contributed by atoms with van der Waals surface area (Å²) in [6, 6.07) is 14.3. The number of rotatable bonds is 18. The predicted molar refractivity (Wildman–Crippen MR) is 162 cm³/mol. The number of carbonyl (C=O) groups excluding carboxylic acids is 3. The molecule has 1 unspecified atom stereocenters. The zero-order valence-corrected chi connectivity index (χ0v) is 25.2. The van der Waals surface area contributed by atoms with Crippen molar-refractivity contribution in [1.29, 1.82) is 0 Å². The fourth-order valence-electron chi connectivity index (χ4n) is 4.54. The van der Waals surface area contributed by atoms with Gasteiger partial charge in [-0.05, 0) is 48.9 Å². The second-order valence-corrected chi connectivity index (χ2v) is 10.7. The molecule has 2 aromatic rings. The second kappa shape index (κ2) is 18.2. The van der Waals surface area contributed by atoms with Crippen molar-refractivity contribution in [3.63, 3.8) is 0 Å². The summed E-state index contributed by atoms with van der Waals surface area (Å²) < 4.78 is 5.13. The van der Waals surface area contributed by atoms with Crippen LogP contribution in [-0.2, 0) is 16.0 Å². The van der Waals surface area contributed by atoms with E-state index in [0.717, 1.165) is 18.4 Å². The van der Waals surface area contributed by atoms with E-state index in [1.54, 1.807) is 36.3 Å². The van der Waals surface area contributed by atoms with Gasteiger partial charge in [-0.1, -0.05) is 64.1 Å². The third kappa shape index (κ3) is 11.3. The molecule has 9 nitrogen and oxygen atoms in total. The van der Waals surface area contributed by atoms with E-state index in [2.05, 4.69) is 16.0 Å². The number of ether oxygens (including phenoxy) is 1. The predicted octanol–water partition coefficient (Wildman–Crippen LogP) is 3.03. The molecular formula is C32H48N4O5. The summed E-state index contributed by atoms with van der Waals surface area (Å²) >= 11 is 0. The third-order valence-corrected chi connectivity index (χ3v) is 6.65. The molecule has 0 aliphatic carbocycles. The number of carbonyl (C=O) groups is 3. The summed E-state index contributed by atoms with van der Waals surface area (Å²) in [6.45, 7) is 10.5. The molecule has 0 aliphatic heterocycles. The lowest BCUT2D eigenvalue weighted by Gasteiger charge is -2.31. The van der Waals surface area contributed by atoms with E-state index in [1.165, 1.54) is 0 Å². The maximum atomic E-state index is 13.5. The highest BCUT2D eigenvalue weighted by molar-refractivity contribution is 5.99. The molecular weight excluding hydrogens is 520 g/mol. The first kappa shape index (κ1) is 33.9. The number of hydrogen-bond acceptors (Lipinski definition) is 6. The van der Waals surface area contributed by atoms with Gasteiger partial charge in [0.1, 0.15) is 6.04 Å². The number of benzene rings is 2. The molecule has 0 saturated heterocycles. The molecule has 0 radical (unpaired) electrons. The Labute approximate surface area is 245 Å². The Bertz CT molecular complexity index is 1070. The fourth-order valence-corrected chi connectivity index (χ4v) is 4.54. The molecule has 2 rings (SSSR count). The van der Waals surface area contributed by atoms with Crippen molar-refractivity contribution in [2.24, 2.45) is 5.92 Å². The number of nitrogens with one attached hydrogen (secondary N) is 3. The van der Waals surface area contributed by atoms with Crippen LogP contribution in [0.3, 0.4) is 0 Å². The molecule has 0 aromatic heterocycles. The van der Waals surface area contributed by atoms with Gasteiger partial charge in [-0.3, -0.25) is 14.4 Å². The number of hydrogen-bond donors (Lipinski definition) is 4. The molecule has 0 heterocycles. The van der Waals surface area contributed by atoms with Gasteiger partial charge >= 0.3 is 0 Å². The maximum Gasteiger partial charge on any atom is 0.253 e. The van der Waals surface area contributed by atoms with Gasteiger partial charge in [0.05, 0.1) is 18.8 Å². The Morgan fingerprint density at radius 3 is 2.22 bits per heavy atom. The lowest BCUT2D eigenvalue weighted by Crippen LogP contribution is -2.60. The van der Waals surface area contributed by atoms with Crippen LogP contribution >= 0.6 is 0 Å². The molecule has 0 spiro atoms. The van der Waals surface area contributed by atoms with Crippen molar-refractivity contribution in [2.75, 3.05) is 39.9 Å². The molecule has 4 N–H and O–H groups in total. The quantitative estimate of drug-likeness (QED) is 0.205. The molecule has 226 valence electrons. The van der Waals surface area contributed by atoms with Crippen molar-refractivity contribution in [3.8, 4) is 0 Å². The average molecular weight is 569 g/mol. The van der Waals surface area contributed by atoms with Crippen LogP contribution in [0.4, 0.5) is 0 Å². The van der Waals surface area contributed by atoms with Gasteiger partial charge in [-0.2, -0.15) is 0 Å². The van der Waals surface area contributed by atoms with Gasteiger partial charge in [0.15, 0.2) is 0 Å². The molecule has 2 aromatic carbocycles. The smallest absolute Gasteiger partial charge is 0.253 e. The zero-order chi connectivity index (χ0) is 30.2. The van der Waals surface area contributed by atoms with E-state index in [4.69, 9.17) is 4.74 Å². The third-order valence-electron chi connectivity index (χ3n) is 6.65. The number of amides is 3. The first-order valence-corrected chi connectivity index (χ1v) is 14.6. The summed E-state index contributed by atoms with van der Waals surface area (Å²) in [7, 11) is 1.56. The minimum atomic E-state index is -1.25. The molecule has 0 fully saturated rings. The fraction of sp³-hybridized carbons (Fsp3) is 0.531. The summed E-state index contributed by atoms with van der Waals surface area (Å²) in [4.78, 5) is 41.6. The minimum absolute atomic E-state index is 0.117. The van der Waals surface area contributed by atoms with Crippen LogP contribution in [0.25, 0.3) is 0 Å². The van der Waals surface area contributed by atoms with Crippen LogP contribution in [-0.4, -0.2) is 85.8 Å². The lowest BCUT2D eigenvalue weighted by molar-refractivity contribution is -0.126. The Morgan fingerprint density at radius 1 is 0.951 bits per heavy atom. The number of methoxy groups -OCH3 is 1. The number of aliphatic hydroxyl groups is 1. The van der Waals surface area contributed by atoms with Gasteiger partial charge in [0.25, 0.3) is 11.8 Å². The van der Waals surface area contributed by atoms with Crippen molar-refractivity contribution in [3.05, 3.63) is 71.3 Å². The van der Waals surface area contributed by atoms with Crippen LogP contribution in [0.1, 0.15) is 66.8 Å². The lowest BCUT2D eigenvalue weighted by atomic mass is 9.95. The highest BCUT2D eigenvalue weighted by Gasteiger charge is 2.34. The van der Waals surface area contributed by atoms with Crippen molar-refractivity contribution >= 4 is 17.7 Å². The molecule has 3 atom stereocenters. The van der Waals surface area contributed by atoms with E-state index in [9.17, 15) is 19.5 Å². The second-order valence-electron chi connectivity index (χ2n) is 10.7. The highest BCUT2D eigenvalue weighted by atomic mass is 16.5. The van der Waals surface area contributed by atoms with E-state index < -0.39 is 24.1 Å². The van der Waals surface area contributed by atoms with E-state index in [1.807, 2.05) is 58.0 Å². The van der Waals surface area contributed by atoms with Crippen molar-refractivity contribution in [2.45, 2.75) is 65.1 Å². The van der Waals surface area contributed by atoms with Crippen molar-refractivity contribution in [1.82, 2.24) is 20.9 Å². The number of nitrogens with zero attached hydrogens (tertiary/aromatic N) is 1. The standard InChI is InChI=1S/C32H48N4O5/c1-6-17-36(18-7-2)32(40)26-15-11-14-25(21-26)30(38)35-27(20-24-12-9-8-10-13-24)29(37)28(33-16-19-41-5)31(39)34-22-23(3)4/h8-15,21,23,27-29,33,37H,6-7,16-20,22H2,1-5H3,(H,34,39)(H,35,38)/t27?,28-,29-/m1/s1. The first-order chi connectivity index (χ1) is 19.7. The Morgan fingerprint density at radius 2 is 1.61 bits per heavy atom. The van der Waals surface area contributed by atoms with Gasteiger partial charge < -0.3 is 30.7 Å². The summed E-state index contributed by atoms with van der Waals surface area (Å²) in [5.74, 6) is -0.672. The first-order valence-electron chi connectivity index (χ1n) is 14.6. The molecule has 41 heavy (non-hydrogen) atoms. The van der Waals surface area contributed by atoms with Crippen LogP contribution in [0.2, 0.25) is 0 Å². The van der Waals surface area contributed by atoms with E-state index in [-0.39, 0.29) is 17.7 Å². The largest absolute Gasteiger partial charge is 0.389 e. The number of aliphatic hydroxyl groups excluding tert-OH is 1. The molecule has 0 bridgehead atoms. The van der Waals surface area contributed by atoms with Crippen LogP contribution in [0.5, 0.6) is 0 Å². The minimum Gasteiger partial charge on any atom is -0.389 e. The summed E-state index contributed by atoms with van der Waals surface area (Å²) in [5.41, 5.74) is 1.64. The van der Waals surface area contributed by atoms with Gasteiger partial charge in [-0.15, -0.1) is 0 Å². The topological polar surface area (TPSA) is 120 Å². The zero-order valence-electron chi connectivity index (χ0n) is 25.2. The molecule has 9 heteroatoms. The maximum absolute atomic E-state index is 13.5. The van der Waals surface area contributed by atoms with E-state index >= 15 is 0 Å². The molecule has 3 amide bonds. The summed E-state index contributed by atoms with van der Waals surface area (Å²) in [5, 5.41) is 20.5. The Balaban J connectivity index is 2.34. The monoisotopic (exact) mass is 568 g/mol. The summed E-state index contributed by atoms with van der Waals surface area (Å²) in [6.07, 6.45) is 0.732. The SMILES string of the molecule is CCCN(CCC)C(=O)c1cccc(C(=O)NC(Cc2ccccc2)[C@@H](O)[C@@H](NCCOC)C(=O)NCC(C)C)c1. The van der Waals surface area contributed by atoms with Crippen molar-refractivity contribution < 1.29 is 24.2 Å². The highest BCUT2D eigenvalue weighted by Crippen LogP contribution is 2.14. The molecule has 0 saturated carbocycles. The van der Waals surface area contributed by atoms with Crippen LogP contribution < -0.4 is 16.0 Å². The van der Waals surface area contributed by atoms with E-state index in [0.29, 0.717) is 50.3 Å². The van der Waals surface area contributed by atoms with Crippen LogP contribution in [0.15, 0.2) is 54.6 Å². The van der Waals surface area contributed by atoms with Gasteiger partial charge in [-0.25, -0.2) is 0 Å². The molecule has 0 aliphatic rings. The Kier molecular flexibility index (Phi) is 15.1. The van der Waals surface area contributed by atoms with Gasteiger partial charge in [0, 0.05) is 44.4 Å². The van der Waals surface area contributed by atoms with Gasteiger partial charge in [0.2, 0.25) is 5.91 Å². The normalized spacial score (nSPS) is 13.3.